The van der Waals surface area contributed by atoms with E-state index in [4.69, 9.17) is 0 Å². The van der Waals surface area contributed by atoms with Crippen LogP contribution in [0.5, 0.6) is 0 Å². The van der Waals surface area contributed by atoms with Crippen molar-refractivity contribution in [2.45, 2.75) is 26.7 Å². The van der Waals surface area contributed by atoms with E-state index in [0.717, 1.165) is 5.65 Å². The molecular weight excluding hydrogens is 210 g/mol. The lowest BCUT2D eigenvalue weighted by Crippen LogP contribution is -1.96. The van der Waals surface area contributed by atoms with Gasteiger partial charge in [0.05, 0.1) is 5.52 Å². The van der Waals surface area contributed by atoms with Crippen molar-refractivity contribution in [3.05, 3.63) is 41.7 Å². The van der Waals surface area contributed by atoms with Crippen molar-refractivity contribution < 1.29 is 0 Å². The van der Waals surface area contributed by atoms with Crippen molar-refractivity contribution in [2.24, 2.45) is 0 Å². The molecule has 0 unspecified atom stereocenters. The molecule has 0 saturated carbocycles. The lowest BCUT2D eigenvalue weighted by molar-refractivity contribution is 0.874. The van der Waals surface area contributed by atoms with Crippen LogP contribution in [0.2, 0.25) is 0 Å². The van der Waals surface area contributed by atoms with E-state index >= 15 is 0 Å². The van der Waals surface area contributed by atoms with Crippen LogP contribution >= 0.6 is 0 Å². The maximum absolute atomic E-state index is 4.15. The third kappa shape index (κ3) is 1.50. The van der Waals surface area contributed by atoms with E-state index in [-0.39, 0.29) is 0 Å². The maximum atomic E-state index is 4.15. The highest BCUT2D eigenvalue weighted by Gasteiger charge is 2.10. The molecule has 17 heavy (non-hydrogen) atoms. The number of rotatable bonds is 1. The van der Waals surface area contributed by atoms with Gasteiger partial charge in [-0.15, -0.1) is 10.2 Å². The first kappa shape index (κ1) is 10.3. The van der Waals surface area contributed by atoms with Gasteiger partial charge in [0.1, 0.15) is 6.33 Å². The van der Waals surface area contributed by atoms with E-state index in [1.165, 1.54) is 22.0 Å². The minimum absolute atomic E-state index is 0.487. The minimum Gasteiger partial charge on any atom is -0.281 e. The van der Waals surface area contributed by atoms with Crippen molar-refractivity contribution in [1.29, 1.82) is 0 Å². The summed E-state index contributed by atoms with van der Waals surface area (Å²) < 4.78 is 2.04. The van der Waals surface area contributed by atoms with Gasteiger partial charge in [-0.3, -0.25) is 4.40 Å². The van der Waals surface area contributed by atoms with E-state index in [2.05, 4.69) is 55.2 Å². The molecule has 86 valence electrons. The highest BCUT2D eigenvalue weighted by atomic mass is 15.2. The second-order valence-electron chi connectivity index (χ2n) is 4.83. The smallest absolute Gasteiger partial charge is 0.161 e. The van der Waals surface area contributed by atoms with E-state index in [1.54, 1.807) is 6.33 Å². The second kappa shape index (κ2) is 3.55. The van der Waals surface area contributed by atoms with Crippen LogP contribution in [0.1, 0.15) is 30.9 Å². The molecule has 3 aromatic rings. The minimum atomic E-state index is 0.487. The molecule has 0 fully saturated rings. The predicted octanol–water partition coefficient (Wildman–Crippen LogP) is 3.31. The Morgan fingerprint density at radius 2 is 2.00 bits per heavy atom. The Kier molecular flexibility index (Phi) is 2.15. The van der Waals surface area contributed by atoms with Crippen LogP contribution in [0.25, 0.3) is 16.6 Å². The van der Waals surface area contributed by atoms with E-state index in [1.807, 2.05) is 4.40 Å². The summed E-state index contributed by atoms with van der Waals surface area (Å²) in [6.45, 7) is 6.55. The summed E-state index contributed by atoms with van der Waals surface area (Å²) in [7, 11) is 0. The van der Waals surface area contributed by atoms with Gasteiger partial charge in [0, 0.05) is 5.39 Å². The summed E-state index contributed by atoms with van der Waals surface area (Å²) in [6.07, 6.45) is 1.77. The summed E-state index contributed by atoms with van der Waals surface area (Å²) in [6, 6.07) is 8.66. The van der Waals surface area contributed by atoms with Crippen LogP contribution in [0.4, 0.5) is 0 Å². The standard InChI is InChI=1S/C14H15N3/c1-9(2)11-7-14-16-15-8-17(14)13-5-4-10(3)6-12(11)13/h4-9H,1-3H3. The van der Waals surface area contributed by atoms with Gasteiger partial charge in [-0.05, 0) is 36.6 Å². The third-order valence-electron chi connectivity index (χ3n) is 3.20. The van der Waals surface area contributed by atoms with Gasteiger partial charge in [-0.1, -0.05) is 25.5 Å². The Balaban J connectivity index is 2.53. The molecule has 3 heteroatoms. The average molecular weight is 225 g/mol. The maximum Gasteiger partial charge on any atom is 0.161 e. The Labute approximate surface area is 100 Å². The number of aryl methyl sites for hydroxylation is 1. The molecule has 1 aromatic carbocycles. The molecule has 0 atom stereocenters. The summed E-state index contributed by atoms with van der Waals surface area (Å²) >= 11 is 0. The van der Waals surface area contributed by atoms with Gasteiger partial charge in [-0.2, -0.15) is 0 Å². The van der Waals surface area contributed by atoms with Crippen LogP contribution in [0.3, 0.4) is 0 Å². The van der Waals surface area contributed by atoms with E-state index in [9.17, 15) is 0 Å². The van der Waals surface area contributed by atoms with Crippen LogP contribution in [0, 0.1) is 6.92 Å². The molecule has 0 radical (unpaired) electrons. The van der Waals surface area contributed by atoms with Crippen LogP contribution in [-0.2, 0) is 0 Å². The van der Waals surface area contributed by atoms with Crippen molar-refractivity contribution in [3.8, 4) is 0 Å². The molecule has 0 aliphatic rings. The summed E-state index contributed by atoms with van der Waals surface area (Å²) in [5.74, 6) is 0.487. The molecule has 2 heterocycles. The van der Waals surface area contributed by atoms with Gasteiger partial charge >= 0.3 is 0 Å². The molecular formula is C14H15N3. The highest BCUT2D eigenvalue weighted by Crippen LogP contribution is 2.27. The number of fused-ring (bicyclic) bond motifs is 3. The first-order chi connectivity index (χ1) is 8.16. The third-order valence-corrected chi connectivity index (χ3v) is 3.20. The van der Waals surface area contributed by atoms with Gasteiger partial charge in [0.2, 0.25) is 0 Å². The largest absolute Gasteiger partial charge is 0.281 e. The van der Waals surface area contributed by atoms with Crippen LogP contribution in [-0.4, -0.2) is 14.6 Å². The van der Waals surface area contributed by atoms with Crippen molar-refractivity contribution in [1.82, 2.24) is 14.6 Å². The number of hydrogen-bond acceptors (Lipinski definition) is 2. The number of benzene rings is 1. The zero-order valence-corrected chi connectivity index (χ0v) is 10.3. The molecule has 0 amide bonds. The quantitative estimate of drug-likeness (QED) is 0.636. The monoisotopic (exact) mass is 225 g/mol. The molecule has 2 aromatic heterocycles. The fourth-order valence-electron chi connectivity index (χ4n) is 2.31. The van der Waals surface area contributed by atoms with Gasteiger partial charge in [0.15, 0.2) is 5.65 Å². The molecule has 3 nitrogen and oxygen atoms in total. The molecule has 0 saturated heterocycles. The van der Waals surface area contributed by atoms with Crippen molar-refractivity contribution >= 4 is 16.6 Å². The van der Waals surface area contributed by atoms with Gasteiger partial charge < -0.3 is 0 Å². The Bertz CT molecular complexity index is 695. The predicted molar refractivity (Wildman–Crippen MR) is 69.3 cm³/mol. The van der Waals surface area contributed by atoms with E-state index < -0.39 is 0 Å². The molecule has 3 rings (SSSR count). The van der Waals surface area contributed by atoms with Crippen molar-refractivity contribution in [2.75, 3.05) is 0 Å². The van der Waals surface area contributed by atoms with E-state index in [0.29, 0.717) is 5.92 Å². The molecule has 0 spiro atoms. The number of pyridine rings is 1. The Hall–Kier alpha value is -1.90. The Morgan fingerprint density at radius 1 is 1.18 bits per heavy atom. The average Bonchev–Trinajstić information content (AvgIpc) is 2.75. The summed E-state index contributed by atoms with van der Waals surface area (Å²) in [4.78, 5) is 0. The molecule has 0 N–H and O–H groups in total. The second-order valence-corrected chi connectivity index (χ2v) is 4.83. The number of aromatic nitrogens is 3. The van der Waals surface area contributed by atoms with Crippen molar-refractivity contribution in [3.63, 3.8) is 0 Å². The Morgan fingerprint density at radius 3 is 2.76 bits per heavy atom. The highest BCUT2D eigenvalue weighted by molar-refractivity contribution is 5.86. The topological polar surface area (TPSA) is 30.2 Å². The number of nitrogens with zero attached hydrogens (tertiary/aromatic N) is 3. The number of hydrogen-bond donors (Lipinski definition) is 0. The lowest BCUT2D eigenvalue weighted by Gasteiger charge is -2.12. The first-order valence-electron chi connectivity index (χ1n) is 5.90. The molecule has 0 bridgehead atoms. The fourth-order valence-corrected chi connectivity index (χ4v) is 2.31. The fraction of sp³-hybridized carbons (Fsp3) is 0.286. The molecule has 0 aliphatic heterocycles. The molecule has 0 aliphatic carbocycles. The SMILES string of the molecule is Cc1ccc2c(c1)c(C(C)C)cc1nncn12. The zero-order chi connectivity index (χ0) is 12.0. The van der Waals surface area contributed by atoms with Crippen LogP contribution in [0.15, 0.2) is 30.6 Å². The van der Waals surface area contributed by atoms with Gasteiger partial charge in [0.25, 0.3) is 0 Å². The normalized spacial score (nSPS) is 11.8. The van der Waals surface area contributed by atoms with Crippen LogP contribution < -0.4 is 0 Å². The summed E-state index contributed by atoms with van der Waals surface area (Å²) in [5.41, 5.74) is 4.72. The zero-order valence-electron chi connectivity index (χ0n) is 10.3. The lowest BCUT2D eigenvalue weighted by atomic mass is 9.97. The first-order valence-corrected chi connectivity index (χ1v) is 5.90. The summed E-state index contributed by atoms with van der Waals surface area (Å²) in [5, 5.41) is 9.43. The van der Waals surface area contributed by atoms with Gasteiger partial charge in [-0.25, -0.2) is 0 Å².